The van der Waals surface area contributed by atoms with Crippen molar-refractivity contribution in [2.75, 3.05) is 80.4 Å². The molecule has 0 spiro atoms. The first-order valence-electron chi connectivity index (χ1n) is 14.2. The van der Waals surface area contributed by atoms with E-state index in [0.29, 0.717) is 42.7 Å². The molecular formula is C31H40N8O3S. The number of para-hydroxylation sites is 1. The van der Waals surface area contributed by atoms with Crippen LogP contribution in [0.3, 0.4) is 0 Å². The molecule has 2 N–H and O–H groups in total. The van der Waals surface area contributed by atoms with Crippen LogP contribution < -0.4 is 25.2 Å². The topological polar surface area (TPSA) is 106 Å². The molecule has 0 unspecified atom stereocenters. The molecule has 11 nitrogen and oxygen atoms in total. The molecule has 2 saturated heterocycles. The molecule has 12 heteroatoms. The van der Waals surface area contributed by atoms with Gasteiger partial charge in [0.2, 0.25) is 5.91 Å². The summed E-state index contributed by atoms with van der Waals surface area (Å²) < 4.78 is 5.72. The van der Waals surface area contributed by atoms with Gasteiger partial charge < -0.3 is 30.1 Å². The molecule has 2 aliphatic rings. The van der Waals surface area contributed by atoms with Gasteiger partial charge in [0.25, 0.3) is 0 Å². The van der Waals surface area contributed by atoms with Crippen LogP contribution in [0.4, 0.5) is 33.5 Å². The Morgan fingerprint density at radius 1 is 1.07 bits per heavy atom. The molecule has 2 aliphatic heterocycles. The van der Waals surface area contributed by atoms with Crippen molar-refractivity contribution in [3.63, 3.8) is 0 Å². The van der Waals surface area contributed by atoms with Crippen molar-refractivity contribution in [1.82, 2.24) is 19.8 Å². The summed E-state index contributed by atoms with van der Waals surface area (Å²) in [5.74, 6) is 1.66. The summed E-state index contributed by atoms with van der Waals surface area (Å²) in [6.45, 7) is 9.12. The van der Waals surface area contributed by atoms with E-state index >= 15 is 0 Å². The minimum Gasteiger partial charge on any atom is -0.494 e. The van der Waals surface area contributed by atoms with Crippen LogP contribution in [0.25, 0.3) is 0 Å². The second-order valence-corrected chi connectivity index (χ2v) is 10.6. The molecular weight excluding hydrogens is 564 g/mol. The lowest BCUT2D eigenvalue weighted by atomic mass is 10.1. The van der Waals surface area contributed by atoms with Crippen molar-refractivity contribution < 1.29 is 14.3 Å². The van der Waals surface area contributed by atoms with Crippen molar-refractivity contribution in [1.29, 1.82) is 0 Å². The first-order valence-corrected chi connectivity index (χ1v) is 14.2. The number of methoxy groups -OCH3 is 1. The second kappa shape index (κ2) is 14.7. The van der Waals surface area contributed by atoms with Crippen LogP contribution in [0, 0.1) is 5.92 Å². The lowest BCUT2D eigenvalue weighted by Crippen LogP contribution is -2.44. The van der Waals surface area contributed by atoms with Gasteiger partial charge >= 0.3 is 6.03 Å². The molecule has 43 heavy (non-hydrogen) atoms. The number of anilines is 5. The number of piperazine rings is 1. The zero-order valence-corrected chi connectivity index (χ0v) is 25.7. The Labute approximate surface area is 260 Å². The fourth-order valence-electron chi connectivity index (χ4n) is 5.31. The first-order chi connectivity index (χ1) is 20.4. The largest absolute Gasteiger partial charge is 0.494 e. The molecule has 1 aromatic heterocycles. The molecule has 2 fully saturated rings. The molecule has 3 amide bonds. The highest BCUT2D eigenvalue weighted by Crippen LogP contribution is 2.33. The highest BCUT2D eigenvalue weighted by Gasteiger charge is 2.29. The SMILES string of the molecule is C=CC(=O)N1CC[C@H](CN(C(=O)Nc2ccccc2)c2cc(Nc3ccc(N4CCN(C)CC4)cc3OC)ncn2)C1.S. The maximum Gasteiger partial charge on any atom is 0.327 e. The second-order valence-electron chi connectivity index (χ2n) is 10.6. The van der Waals surface area contributed by atoms with Gasteiger partial charge in [0, 0.05) is 69.3 Å². The molecule has 2 aromatic carbocycles. The zero-order chi connectivity index (χ0) is 29.5. The number of hydrogen-bond acceptors (Lipinski definition) is 8. The number of rotatable bonds is 9. The van der Waals surface area contributed by atoms with Gasteiger partial charge in [-0.05, 0) is 49.7 Å². The summed E-state index contributed by atoms with van der Waals surface area (Å²) >= 11 is 0. The average molecular weight is 605 g/mol. The number of carbonyl (C=O) groups is 2. The molecule has 0 saturated carbocycles. The van der Waals surface area contributed by atoms with Crippen LogP contribution in [-0.2, 0) is 4.79 Å². The van der Waals surface area contributed by atoms with Gasteiger partial charge in [-0.1, -0.05) is 24.8 Å². The number of carbonyl (C=O) groups excluding carboxylic acids is 2. The molecule has 3 aromatic rings. The van der Waals surface area contributed by atoms with Crippen LogP contribution >= 0.6 is 13.5 Å². The Morgan fingerprint density at radius 3 is 2.56 bits per heavy atom. The van der Waals surface area contributed by atoms with Crippen molar-refractivity contribution in [3.8, 4) is 5.75 Å². The van der Waals surface area contributed by atoms with E-state index in [0.717, 1.165) is 44.0 Å². The Bertz CT molecular complexity index is 1400. The number of hydrogen-bond donors (Lipinski definition) is 2. The van der Waals surface area contributed by atoms with Crippen molar-refractivity contribution in [2.45, 2.75) is 6.42 Å². The number of nitrogens with one attached hydrogen (secondary N) is 2. The maximum absolute atomic E-state index is 13.6. The Hall–Kier alpha value is -4.29. The maximum atomic E-state index is 13.6. The van der Waals surface area contributed by atoms with E-state index in [1.54, 1.807) is 23.0 Å². The van der Waals surface area contributed by atoms with E-state index < -0.39 is 0 Å². The highest BCUT2D eigenvalue weighted by molar-refractivity contribution is 7.59. The van der Waals surface area contributed by atoms with Crippen molar-refractivity contribution in [3.05, 3.63) is 73.6 Å². The predicted molar refractivity (Wildman–Crippen MR) is 176 cm³/mol. The molecule has 228 valence electrons. The van der Waals surface area contributed by atoms with Gasteiger partial charge in [0.15, 0.2) is 0 Å². The summed E-state index contributed by atoms with van der Waals surface area (Å²) in [7, 11) is 3.79. The minimum atomic E-state index is -0.312. The Kier molecular flexibility index (Phi) is 10.8. The number of likely N-dealkylation sites (N-methyl/N-ethyl adjacent to an activating group) is 1. The van der Waals surface area contributed by atoms with Gasteiger partial charge in [-0.25, -0.2) is 14.8 Å². The van der Waals surface area contributed by atoms with E-state index in [1.807, 2.05) is 42.5 Å². The summed E-state index contributed by atoms with van der Waals surface area (Å²) in [4.78, 5) is 42.6. The van der Waals surface area contributed by atoms with Crippen molar-refractivity contribution in [2.24, 2.45) is 5.92 Å². The fraction of sp³-hybridized carbons (Fsp3) is 0.355. The molecule has 0 aliphatic carbocycles. The summed E-state index contributed by atoms with van der Waals surface area (Å²) in [5.41, 5.74) is 2.55. The number of likely N-dealkylation sites (tertiary alicyclic amines) is 1. The van der Waals surface area contributed by atoms with E-state index in [1.165, 1.54) is 12.4 Å². The quantitative estimate of drug-likeness (QED) is 0.351. The standard InChI is InChI=1S/C31H38N8O3.H2S/c1-4-30(40)38-13-12-23(20-38)21-39(31(41)34-24-8-6-5-7-9-24)29-19-28(32-22-33-29)35-26-11-10-25(18-27(26)42-3)37-16-14-36(2)15-17-37;/h4-11,18-19,22-23H,1,12-17,20-21H2,2-3H3,(H,34,41)(H,32,33,35);1H2/t23-;/m0./s1. The van der Waals surface area contributed by atoms with Crippen molar-refractivity contribution >= 4 is 54.1 Å². The monoisotopic (exact) mass is 604 g/mol. The normalized spacial score (nSPS) is 16.7. The predicted octanol–water partition coefficient (Wildman–Crippen LogP) is 4.17. The van der Waals surface area contributed by atoms with E-state index in [9.17, 15) is 9.59 Å². The van der Waals surface area contributed by atoms with Crippen LogP contribution in [0.2, 0.25) is 0 Å². The lowest BCUT2D eigenvalue weighted by Gasteiger charge is -2.34. The summed E-state index contributed by atoms with van der Waals surface area (Å²) in [6.07, 6.45) is 3.55. The van der Waals surface area contributed by atoms with E-state index in [-0.39, 0.29) is 31.4 Å². The number of ether oxygens (including phenoxy) is 1. The van der Waals surface area contributed by atoms with Gasteiger partial charge in [0.1, 0.15) is 23.7 Å². The van der Waals surface area contributed by atoms with E-state index in [2.05, 4.69) is 50.1 Å². The number of urea groups is 1. The number of amides is 3. The van der Waals surface area contributed by atoms with Gasteiger partial charge in [-0.15, -0.1) is 0 Å². The van der Waals surface area contributed by atoms with Crippen LogP contribution in [0.5, 0.6) is 5.75 Å². The fourth-order valence-corrected chi connectivity index (χ4v) is 5.31. The van der Waals surface area contributed by atoms with Crippen LogP contribution in [0.15, 0.2) is 73.6 Å². The molecule has 5 rings (SSSR count). The van der Waals surface area contributed by atoms with Crippen LogP contribution in [0.1, 0.15) is 6.42 Å². The third-order valence-electron chi connectivity index (χ3n) is 7.73. The molecule has 1 atom stereocenters. The lowest BCUT2D eigenvalue weighted by molar-refractivity contribution is -0.125. The third-order valence-corrected chi connectivity index (χ3v) is 7.73. The minimum absolute atomic E-state index is 0. The molecule has 3 heterocycles. The Balaban J connectivity index is 0.00000423. The average Bonchev–Trinajstić information content (AvgIpc) is 3.49. The smallest absolute Gasteiger partial charge is 0.327 e. The van der Waals surface area contributed by atoms with Gasteiger partial charge in [0.05, 0.1) is 12.8 Å². The zero-order valence-electron chi connectivity index (χ0n) is 24.7. The number of benzene rings is 2. The molecule has 0 bridgehead atoms. The van der Waals surface area contributed by atoms with Gasteiger partial charge in [-0.3, -0.25) is 9.69 Å². The first kappa shape index (κ1) is 31.6. The highest BCUT2D eigenvalue weighted by atomic mass is 32.1. The van der Waals surface area contributed by atoms with Crippen LogP contribution in [-0.4, -0.2) is 91.7 Å². The summed E-state index contributed by atoms with van der Waals surface area (Å²) in [6, 6.07) is 16.8. The van der Waals surface area contributed by atoms with E-state index in [4.69, 9.17) is 4.74 Å². The molecule has 0 radical (unpaired) electrons. The third kappa shape index (κ3) is 7.96. The number of aromatic nitrogens is 2. The van der Waals surface area contributed by atoms with Gasteiger partial charge in [-0.2, -0.15) is 13.5 Å². The number of nitrogens with zero attached hydrogens (tertiary/aromatic N) is 6. The summed E-state index contributed by atoms with van der Waals surface area (Å²) in [5, 5.41) is 6.31. The Morgan fingerprint density at radius 2 is 1.84 bits per heavy atom.